The van der Waals surface area contributed by atoms with Crippen molar-refractivity contribution in [2.75, 3.05) is 19.5 Å². The van der Waals surface area contributed by atoms with Gasteiger partial charge in [-0.2, -0.15) is 4.98 Å². The molecule has 1 aliphatic heterocycles. The number of allylic oxidation sites excluding steroid dienone is 1. The van der Waals surface area contributed by atoms with Gasteiger partial charge in [-0.15, -0.1) is 0 Å². The van der Waals surface area contributed by atoms with Crippen LogP contribution < -0.4 is 15.8 Å². The molecule has 1 unspecified atom stereocenters. The number of hydrogen-bond donors (Lipinski definition) is 2. The molecule has 1 fully saturated rings. The van der Waals surface area contributed by atoms with Crippen molar-refractivity contribution >= 4 is 30.1 Å². The number of ether oxygens (including phenoxy) is 1. The number of fused-ring (bicyclic) bond motifs is 1. The molecule has 0 bridgehead atoms. The summed E-state index contributed by atoms with van der Waals surface area (Å²) in [5, 5.41) is 12.6. The highest BCUT2D eigenvalue weighted by molar-refractivity contribution is 6.67. The second-order valence-corrected chi connectivity index (χ2v) is 7.38. The third-order valence-electron chi connectivity index (χ3n) is 5.40. The third kappa shape index (κ3) is 4.07. The molecule has 4 heterocycles. The standard InChI is InChI=1S/C21H23BN8O/c1-25-10-14(9-23)16-12-30-18(11-26-21(30)29-20(16)31-2)17-4-3-5-19(28-17)27-15-6-7-22(8-15)13-24/h3-5,9-12,15H,6-8,23H2,1-2H3,(H,27,28). The van der Waals surface area contributed by atoms with Gasteiger partial charge in [0.05, 0.1) is 30.3 Å². The van der Waals surface area contributed by atoms with Gasteiger partial charge in [0.1, 0.15) is 5.82 Å². The number of rotatable bonds is 6. The van der Waals surface area contributed by atoms with Gasteiger partial charge in [-0.1, -0.05) is 12.4 Å². The van der Waals surface area contributed by atoms with Gasteiger partial charge in [0.25, 0.3) is 6.71 Å². The summed E-state index contributed by atoms with van der Waals surface area (Å²) in [5.74, 6) is 4.04. The number of aliphatic imine (C=N–C) groups is 1. The Labute approximate surface area is 180 Å². The zero-order chi connectivity index (χ0) is 21.8. The first-order chi connectivity index (χ1) is 15.2. The van der Waals surface area contributed by atoms with Crippen molar-refractivity contribution in [3.8, 4) is 23.2 Å². The lowest BCUT2D eigenvalue weighted by Crippen LogP contribution is -2.17. The SMILES string of the molecule is CN=CC(=CN)c1cn2c(-c3cccc(NC4CCB(C#N)C4)n3)cnc2nc1OC. The number of pyridine rings is 1. The van der Waals surface area contributed by atoms with Gasteiger partial charge in [-0.25, -0.2) is 15.2 Å². The Hall–Kier alpha value is -3.87. The monoisotopic (exact) mass is 414 g/mol. The van der Waals surface area contributed by atoms with Crippen LogP contribution in [0.1, 0.15) is 12.0 Å². The summed E-state index contributed by atoms with van der Waals surface area (Å²) >= 11 is 0. The Kier molecular flexibility index (Phi) is 5.84. The number of nitrogens with two attached hydrogens (primary N) is 1. The summed E-state index contributed by atoms with van der Waals surface area (Å²) in [6.07, 6.45) is 9.47. The zero-order valence-corrected chi connectivity index (χ0v) is 17.5. The molecule has 10 heteroatoms. The lowest BCUT2D eigenvalue weighted by molar-refractivity contribution is 0.397. The molecular weight excluding hydrogens is 391 g/mol. The van der Waals surface area contributed by atoms with Crippen molar-refractivity contribution in [3.63, 3.8) is 0 Å². The second-order valence-electron chi connectivity index (χ2n) is 7.38. The number of methoxy groups -OCH3 is 1. The molecule has 156 valence electrons. The molecule has 0 radical (unpaired) electrons. The van der Waals surface area contributed by atoms with Crippen LogP contribution in [0.2, 0.25) is 12.6 Å². The number of nitriles is 1. The van der Waals surface area contributed by atoms with Gasteiger partial charge in [-0.05, 0) is 24.9 Å². The molecule has 31 heavy (non-hydrogen) atoms. The number of imidazole rings is 1. The first-order valence-corrected chi connectivity index (χ1v) is 10.1. The normalized spacial score (nSPS) is 16.7. The van der Waals surface area contributed by atoms with Crippen LogP contribution in [0.4, 0.5) is 5.82 Å². The first-order valence-electron chi connectivity index (χ1n) is 10.1. The van der Waals surface area contributed by atoms with Crippen molar-refractivity contribution in [2.45, 2.75) is 25.1 Å². The minimum atomic E-state index is 0.121. The molecule has 3 aromatic heterocycles. The Morgan fingerprint density at radius 1 is 1.45 bits per heavy atom. The van der Waals surface area contributed by atoms with E-state index in [0.717, 1.165) is 36.3 Å². The van der Waals surface area contributed by atoms with Gasteiger partial charge >= 0.3 is 0 Å². The maximum absolute atomic E-state index is 9.13. The average Bonchev–Trinajstić information content (AvgIpc) is 3.43. The Bertz CT molecular complexity index is 1200. The fraction of sp³-hybridized carbons (Fsp3) is 0.286. The summed E-state index contributed by atoms with van der Waals surface area (Å²) < 4.78 is 7.30. The van der Waals surface area contributed by atoms with E-state index in [9.17, 15) is 0 Å². The highest BCUT2D eigenvalue weighted by Crippen LogP contribution is 2.28. The van der Waals surface area contributed by atoms with Crippen LogP contribution in [-0.2, 0) is 0 Å². The van der Waals surface area contributed by atoms with Gasteiger partial charge in [0, 0.05) is 43.2 Å². The number of nitrogens with one attached hydrogen (secondary N) is 1. The molecule has 3 N–H and O–H groups in total. The Morgan fingerprint density at radius 3 is 3.03 bits per heavy atom. The zero-order valence-electron chi connectivity index (χ0n) is 17.5. The van der Waals surface area contributed by atoms with Crippen LogP contribution in [0.25, 0.3) is 22.7 Å². The van der Waals surface area contributed by atoms with Gasteiger partial charge in [-0.3, -0.25) is 9.39 Å². The van der Waals surface area contributed by atoms with E-state index < -0.39 is 0 Å². The van der Waals surface area contributed by atoms with Crippen molar-refractivity contribution in [1.82, 2.24) is 19.4 Å². The van der Waals surface area contributed by atoms with Crippen molar-refractivity contribution in [1.29, 1.82) is 5.26 Å². The Morgan fingerprint density at radius 2 is 2.32 bits per heavy atom. The van der Waals surface area contributed by atoms with Crippen molar-refractivity contribution in [3.05, 3.63) is 42.4 Å². The van der Waals surface area contributed by atoms with E-state index in [1.54, 1.807) is 26.6 Å². The summed E-state index contributed by atoms with van der Waals surface area (Å²) in [6, 6.07) is 6.08. The van der Waals surface area contributed by atoms with Gasteiger partial charge in [0.2, 0.25) is 11.7 Å². The van der Waals surface area contributed by atoms with E-state index in [-0.39, 0.29) is 12.8 Å². The van der Waals surface area contributed by atoms with Crippen molar-refractivity contribution < 1.29 is 4.74 Å². The first kappa shape index (κ1) is 20.4. The van der Waals surface area contributed by atoms with Crippen LogP contribution >= 0.6 is 0 Å². The quantitative estimate of drug-likeness (QED) is 0.469. The van der Waals surface area contributed by atoms with Crippen LogP contribution in [-0.4, -0.2) is 52.5 Å². The van der Waals surface area contributed by atoms with E-state index in [4.69, 9.17) is 20.7 Å². The number of nitrogens with zero attached hydrogens (tertiary/aromatic N) is 6. The van der Waals surface area contributed by atoms with Gasteiger partial charge in [0.15, 0.2) is 0 Å². The highest BCUT2D eigenvalue weighted by Gasteiger charge is 2.28. The Balaban J connectivity index is 1.71. The minimum Gasteiger partial charge on any atom is -0.480 e. The predicted molar refractivity (Wildman–Crippen MR) is 122 cm³/mol. The minimum absolute atomic E-state index is 0.121. The van der Waals surface area contributed by atoms with E-state index in [1.165, 1.54) is 6.20 Å². The van der Waals surface area contributed by atoms with Crippen LogP contribution in [0.15, 0.2) is 41.8 Å². The van der Waals surface area contributed by atoms with Gasteiger partial charge < -0.3 is 15.8 Å². The maximum atomic E-state index is 9.13. The maximum Gasteiger partial charge on any atom is 0.269 e. The topological polar surface area (TPSA) is 127 Å². The molecule has 1 aliphatic rings. The molecule has 1 saturated heterocycles. The van der Waals surface area contributed by atoms with E-state index in [1.807, 2.05) is 28.8 Å². The summed E-state index contributed by atoms with van der Waals surface area (Å²) in [4.78, 5) is 17.8. The molecule has 9 nitrogen and oxygen atoms in total. The third-order valence-corrected chi connectivity index (χ3v) is 5.40. The second kappa shape index (κ2) is 8.87. The highest BCUT2D eigenvalue weighted by atomic mass is 16.5. The molecule has 4 rings (SSSR count). The smallest absolute Gasteiger partial charge is 0.269 e. The molecule has 3 aromatic rings. The number of anilines is 1. The number of hydrogen-bond acceptors (Lipinski definition) is 8. The lowest BCUT2D eigenvalue weighted by atomic mass is 9.50. The molecule has 0 aromatic carbocycles. The lowest BCUT2D eigenvalue weighted by Gasteiger charge is -2.14. The van der Waals surface area contributed by atoms with Crippen LogP contribution in [0, 0.1) is 11.2 Å². The largest absolute Gasteiger partial charge is 0.480 e. The summed E-state index contributed by atoms with van der Waals surface area (Å²) in [7, 11) is 3.23. The molecule has 0 aliphatic carbocycles. The summed E-state index contributed by atoms with van der Waals surface area (Å²) in [5.41, 5.74) is 8.73. The fourth-order valence-corrected chi connectivity index (χ4v) is 3.88. The molecular formula is C21H23BN8O. The van der Waals surface area contributed by atoms with E-state index >= 15 is 0 Å². The molecule has 1 atom stereocenters. The van der Waals surface area contributed by atoms with Crippen LogP contribution in [0.5, 0.6) is 5.88 Å². The molecule has 0 amide bonds. The number of aromatic nitrogens is 4. The van der Waals surface area contributed by atoms with E-state index in [0.29, 0.717) is 22.8 Å². The predicted octanol–water partition coefficient (Wildman–Crippen LogP) is 2.54. The molecule has 0 spiro atoms. The summed E-state index contributed by atoms with van der Waals surface area (Å²) in [6.45, 7) is 0.121. The van der Waals surface area contributed by atoms with Crippen molar-refractivity contribution in [2.24, 2.45) is 10.7 Å². The average molecular weight is 414 g/mol. The fourth-order valence-electron chi connectivity index (χ4n) is 3.88. The van der Waals surface area contributed by atoms with Crippen LogP contribution in [0.3, 0.4) is 0 Å². The van der Waals surface area contributed by atoms with E-state index in [2.05, 4.69) is 26.2 Å². The molecule has 0 saturated carbocycles.